The number of benzene rings is 2. The number of aromatic nitrogens is 4. The Morgan fingerprint density at radius 1 is 1.03 bits per heavy atom. The zero-order valence-electron chi connectivity index (χ0n) is 19.2. The number of nitriles is 1. The van der Waals surface area contributed by atoms with E-state index < -0.39 is 0 Å². The van der Waals surface area contributed by atoms with Crippen LogP contribution in [0.3, 0.4) is 0 Å². The summed E-state index contributed by atoms with van der Waals surface area (Å²) < 4.78 is 7.20. The molecule has 2 aromatic heterocycles. The third kappa shape index (κ3) is 5.62. The minimum atomic E-state index is 0.252. The second-order valence-corrected chi connectivity index (χ2v) is 9.32. The largest absolute Gasteiger partial charge is 0.381 e. The van der Waals surface area contributed by atoms with E-state index in [1.165, 1.54) is 11.3 Å². The van der Waals surface area contributed by atoms with Crippen molar-refractivity contribution in [3.8, 4) is 6.07 Å². The fourth-order valence-corrected chi connectivity index (χ4v) is 4.89. The van der Waals surface area contributed by atoms with Crippen LogP contribution in [0.1, 0.15) is 22.6 Å². The van der Waals surface area contributed by atoms with Gasteiger partial charge in [0, 0.05) is 42.8 Å². The zero-order valence-corrected chi connectivity index (χ0v) is 20.0. The summed E-state index contributed by atoms with van der Waals surface area (Å²) in [6.07, 6.45) is 4.08. The van der Waals surface area contributed by atoms with E-state index in [-0.39, 0.29) is 5.82 Å². The molecule has 0 saturated carbocycles. The average Bonchev–Trinajstić information content (AvgIpc) is 3.24. The van der Waals surface area contributed by atoms with Crippen LogP contribution in [-0.4, -0.2) is 45.8 Å². The van der Waals surface area contributed by atoms with Crippen molar-refractivity contribution in [2.75, 3.05) is 36.9 Å². The molecule has 9 heteroatoms. The molecule has 0 bridgehead atoms. The smallest absolute Gasteiger partial charge is 0.164 e. The van der Waals surface area contributed by atoms with Crippen LogP contribution in [0.25, 0.3) is 0 Å². The van der Waals surface area contributed by atoms with Crippen molar-refractivity contribution in [3.05, 3.63) is 89.8 Å². The Kier molecular flexibility index (Phi) is 6.93. The van der Waals surface area contributed by atoms with Crippen molar-refractivity contribution in [3.63, 3.8) is 0 Å². The van der Waals surface area contributed by atoms with Crippen LogP contribution in [-0.2, 0) is 17.7 Å². The van der Waals surface area contributed by atoms with Gasteiger partial charge < -0.3 is 19.9 Å². The molecule has 0 spiro atoms. The van der Waals surface area contributed by atoms with Gasteiger partial charge in [0.05, 0.1) is 19.5 Å². The third-order valence-electron chi connectivity index (χ3n) is 5.80. The Bertz CT molecular complexity index is 1340. The normalized spacial score (nSPS) is 13.5. The number of rotatable bonds is 7. The van der Waals surface area contributed by atoms with Gasteiger partial charge in [0.1, 0.15) is 16.9 Å². The van der Waals surface area contributed by atoms with Crippen LogP contribution in [0.4, 0.5) is 11.5 Å². The molecule has 2 aromatic carbocycles. The zero-order chi connectivity index (χ0) is 24.0. The van der Waals surface area contributed by atoms with Gasteiger partial charge in [-0.1, -0.05) is 36.0 Å². The van der Waals surface area contributed by atoms with Gasteiger partial charge in [0.2, 0.25) is 0 Å². The maximum Gasteiger partial charge on any atom is 0.164 e. The van der Waals surface area contributed by atoms with Crippen molar-refractivity contribution >= 4 is 23.3 Å². The van der Waals surface area contributed by atoms with Crippen molar-refractivity contribution in [1.82, 2.24) is 19.5 Å². The number of ether oxygens (including phenoxy) is 1. The first-order valence-electron chi connectivity index (χ1n) is 11.4. The molecule has 1 aliphatic rings. The van der Waals surface area contributed by atoms with Gasteiger partial charge in [-0.3, -0.25) is 0 Å². The van der Waals surface area contributed by atoms with Crippen molar-refractivity contribution in [2.45, 2.75) is 22.9 Å². The van der Waals surface area contributed by atoms with Gasteiger partial charge in [-0.25, -0.2) is 15.0 Å². The molecule has 1 saturated heterocycles. The second kappa shape index (κ2) is 10.6. The number of nitrogen functional groups attached to an aromatic ring is 1. The number of anilines is 2. The first-order chi connectivity index (χ1) is 17.2. The highest BCUT2D eigenvalue weighted by Gasteiger charge is 2.12. The molecule has 0 atom stereocenters. The standard InChI is InChI=1S/C26H25N7OS/c27-16-23-26(28)30-18-33(23)17-20-2-1-3-22(14-20)35-25-8-9-29-24(31-25)15-19-4-6-21(7-5-19)32-10-12-34-13-11-32/h1-9,14,18H,10-13,15,17,28H2. The molecule has 5 rings (SSSR count). The highest BCUT2D eigenvalue weighted by molar-refractivity contribution is 7.99. The van der Waals surface area contributed by atoms with E-state index in [4.69, 9.17) is 15.5 Å². The van der Waals surface area contributed by atoms with E-state index in [2.05, 4.69) is 51.3 Å². The summed E-state index contributed by atoms with van der Waals surface area (Å²) in [4.78, 5) is 16.7. The van der Waals surface area contributed by atoms with E-state index in [1.807, 2.05) is 30.5 Å². The molecule has 176 valence electrons. The van der Waals surface area contributed by atoms with E-state index >= 15 is 0 Å². The fraction of sp³-hybridized carbons (Fsp3) is 0.231. The quantitative estimate of drug-likeness (QED) is 0.396. The van der Waals surface area contributed by atoms with Crippen LogP contribution in [0.2, 0.25) is 0 Å². The molecule has 8 nitrogen and oxygen atoms in total. The SMILES string of the molecule is N#Cc1c(N)ncn1Cc1cccc(Sc2ccnc(Cc3ccc(N4CCOCC4)cc3)n2)c1. The molecule has 3 heterocycles. The number of morpholine rings is 1. The summed E-state index contributed by atoms with van der Waals surface area (Å²) in [7, 11) is 0. The maximum atomic E-state index is 9.30. The number of nitrogens with zero attached hydrogens (tertiary/aromatic N) is 6. The molecular formula is C26H25N7OS. The summed E-state index contributed by atoms with van der Waals surface area (Å²) in [5.74, 6) is 1.04. The van der Waals surface area contributed by atoms with Crippen LogP contribution in [0.5, 0.6) is 0 Å². The van der Waals surface area contributed by atoms with E-state index in [0.29, 0.717) is 18.7 Å². The van der Waals surface area contributed by atoms with Crippen LogP contribution >= 0.6 is 11.8 Å². The average molecular weight is 484 g/mol. The summed E-state index contributed by atoms with van der Waals surface area (Å²) >= 11 is 1.59. The number of hydrogen-bond donors (Lipinski definition) is 1. The van der Waals surface area contributed by atoms with Crippen LogP contribution < -0.4 is 10.6 Å². The van der Waals surface area contributed by atoms with Gasteiger partial charge in [0.15, 0.2) is 11.5 Å². The third-order valence-corrected chi connectivity index (χ3v) is 6.73. The minimum absolute atomic E-state index is 0.252. The maximum absolute atomic E-state index is 9.30. The van der Waals surface area contributed by atoms with Crippen molar-refractivity contribution in [2.24, 2.45) is 0 Å². The molecule has 4 aromatic rings. The molecule has 0 amide bonds. The first kappa shape index (κ1) is 22.9. The first-order valence-corrected chi connectivity index (χ1v) is 12.2. The Morgan fingerprint density at radius 3 is 2.66 bits per heavy atom. The number of hydrogen-bond acceptors (Lipinski definition) is 8. The number of nitrogens with two attached hydrogens (primary N) is 1. The molecule has 1 aliphatic heterocycles. The van der Waals surface area contributed by atoms with E-state index in [0.717, 1.165) is 47.6 Å². The molecule has 0 unspecified atom stereocenters. The highest BCUT2D eigenvalue weighted by Crippen LogP contribution is 2.27. The van der Waals surface area contributed by atoms with Gasteiger partial charge >= 0.3 is 0 Å². The Morgan fingerprint density at radius 2 is 1.86 bits per heavy atom. The molecule has 35 heavy (non-hydrogen) atoms. The molecular weight excluding hydrogens is 458 g/mol. The topological polar surface area (TPSA) is 106 Å². The lowest BCUT2D eigenvalue weighted by molar-refractivity contribution is 0.122. The van der Waals surface area contributed by atoms with Crippen LogP contribution in [0, 0.1) is 11.3 Å². The van der Waals surface area contributed by atoms with Crippen molar-refractivity contribution in [1.29, 1.82) is 5.26 Å². The summed E-state index contributed by atoms with van der Waals surface area (Å²) in [5.41, 5.74) is 9.60. The Balaban J connectivity index is 1.25. The summed E-state index contributed by atoms with van der Waals surface area (Å²) in [6.45, 7) is 3.94. The second-order valence-electron chi connectivity index (χ2n) is 8.22. The van der Waals surface area contributed by atoms with Gasteiger partial charge in [0.25, 0.3) is 0 Å². The Hall–Kier alpha value is -3.87. The lowest BCUT2D eigenvalue weighted by Gasteiger charge is -2.28. The van der Waals surface area contributed by atoms with Gasteiger partial charge in [-0.15, -0.1) is 0 Å². The predicted molar refractivity (Wildman–Crippen MR) is 135 cm³/mol. The van der Waals surface area contributed by atoms with Crippen molar-refractivity contribution < 1.29 is 4.74 Å². The molecule has 0 radical (unpaired) electrons. The molecule has 2 N–H and O–H groups in total. The van der Waals surface area contributed by atoms with Crippen LogP contribution in [0.15, 0.2) is 77.0 Å². The summed E-state index contributed by atoms with van der Waals surface area (Å²) in [6, 6.07) is 20.8. The molecule has 0 aliphatic carbocycles. The lowest BCUT2D eigenvalue weighted by atomic mass is 10.1. The summed E-state index contributed by atoms with van der Waals surface area (Å²) in [5, 5.41) is 10.2. The molecule has 1 fully saturated rings. The van der Waals surface area contributed by atoms with Gasteiger partial charge in [-0.05, 0) is 41.5 Å². The Labute approximate surface area is 208 Å². The fourth-order valence-electron chi connectivity index (χ4n) is 4.02. The predicted octanol–water partition coefficient (Wildman–Crippen LogP) is 3.75. The number of imidazole rings is 1. The highest BCUT2D eigenvalue weighted by atomic mass is 32.2. The minimum Gasteiger partial charge on any atom is -0.381 e. The monoisotopic (exact) mass is 483 g/mol. The van der Waals surface area contributed by atoms with Gasteiger partial charge in [-0.2, -0.15) is 5.26 Å². The van der Waals surface area contributed by atoms with E-state index in [1.54, 1.807) is 22.7 Å². The van der Waals surface area contributed by atoms with E-state index in [9.17, 15) is 5.26 Å². The lowest BCUT2D eigenvalue weighted by Crippen LogP contribution is -2.36.